The lowest BCUT2D eigenvalue weighted by Gasteiger charge is -2.33. The van der Waals surface area contributed by atoms with Crippen LogP contribution in [0.15, 0.2) is 18.2 Å². The number of hydrogen-bond acceptors (Lipinski definition) is 4. The number of aryl methyl sites for hydroxylation is 1. The molecule has 25 heavy (non-hydrogen) atoms. The Bertz CT molecular complexity index is 584. The zero-order valence-corrected chi connectivity index (χ0v) is 15.5. The van der Waals surface area contributed by atoms with E-state index >= 15 is 0 Å². The molecular weight excluding hydrogens is 314 g/mol. The van der Waals surface area contributed by atoms with Gasteiger partial charge in [-0.2, -0.15) is 0 Å². The zero-order valence-electron chi connectivity index (χ0n) is 15.5. The van der Waals surface area contributed by atoms with Gasteiger partial charge in [0.15, 0.2) is 0 Å². The molecule has 0 bridgehead atoms. The van der Waals surface area contributed by atoms with Crippen LogP contribution in [-0.4, -0.2) is 50.1 Å². The fourth-order valence-corrected chi connectivity index (χ4v) is 4.01. The van der Waals surface area contributed by atoms with Gasteiger partial charge in [0.1, 0.15) is 5.75 Å². The molecule has 2 atom stereocenters. The van der Waals surface area contributed by atoms with Gasteiger partial charge in [0.25, 0.3) is 0 Å². The highest BCUT2D eigenvalue weighted by atomic mass is 16.5. The number of nitrogens with zero attached hydrogens (tertiary/aromatic N) is 1. The van der Waals surface area contributed by atoms with Crippen LogP contribution in [0.25, 0.3) is 0 Å². The molecule has 0 radical (unpaired) electrons. The summed E-state index contributed by atoms with van der Waals surface area (Å²) in [6, 6.07) is 6.39. The van der Waals surface area contributed by atoms with Crippen LogP contribution in [0.1, 0.15) is 36.8 Å². The average Bonchev–Trinajstić information content (AvgIpc) is 3.15. The predicted molar refractivity (Wildman–Crippen MR) is 99.8 cm³/mol. The number of piperidine rings is 1. The van der Waals surface area contributed by atoms with Crippen molar-refractivity contribution in [2.24, 2.45) is 5.92 Å². The highest BCUT2D eigenvalue weighted by Gasteiger charge is 2.25. The third-order valence-electron chi connectivity index (χ3n) is 5.37. The summed E-state index contributed by atoms with van der Waals surface area (Å²) in [5, 5.41) is 6.42. The van der Waals surface area contributed by atoms with Crippen molar-refractivity contribution in [3.05, 3.63) is 29.3 Å². The number of carbonyl (C=O) groups excluding carboxylic acids is 1. The van der Waals surface area contributed by atoms with Crippen LogP contribution in [0, 0.1) is 12.8 Å². The number of likely N-dealkylation sites (tertiary alicyclic amines) is 1. The van der Waals surface area contributed by atoms with E-state index in [0.717, 1.165) is 51.3 Å². The Balaban J connectivity index is 1.51. The standard InChI is InChI=1S/C20H31N3O2/c1-15-7-8-19(25-2)17(11-15)14-23-10-4-5-16(13-23)12-22-20(24)18-6-3-9-21-18/h7-8,11,16,18,21H,3-6,9-10,12-14H2,1-2H3,(H,22,24). The van der Waals surface area contributed by atoms with Crippen molar-refractivity contribution >= 4 is 5.91 Å². The van der Waals surface area contributed by atoms with Crippen LogP contribution in [0.5, 0.6) is 5.75 Å². The molecule has 5 heteroatoms. The number of hydrogen-bond donors (Lipinski definition) is 2. The van der Waals surface area contributed by atoms with Gasteiger partial charge in [-0.05, 0) is 57.7 Å². The van der Waals surface area contributed by atoms with E-state index in [0.29, 0.717) is 5.92 Å². The molecule has 0 saturated carbocycles. The van der Waals surface area contributed by atoms with Crippen LogP contribution in [0.4, 0.5) is 0 Å². The molecule has 2 aliphatic rings. The number of ether oxygens (including phenoxy) is 1. The van der Waals surface area contributed by atoms with Crippen molar-refractivity contribution < 1.29 is 9.53 Å². The second-order valence-electron chi connectivity index (χ2n) is 7.45. The van der Waals surface area contributed by atoms with Gasteiger partial charge in [-0.3, -0.25) is 9.69 Å². The second-order valence-corrected chi connectivity index (χ2v) is 7.45. The molecule has 0 aromatic heterocycles. The van der Waals surface area contributed by atoms with Gasteiger partial charge in [-0.1, -0.05) is 17.7 Å². The van der Waals surface area contributed by atoms with E-state index in [2.05, 4.69) is 40.7 Å². The van der Waals surface area contributed by atoms with Gasteiger partial charge >= 0.3 is 0 Å². The maximum Gasteiger partial charge on any atom is 0.237 e. The first kappa shape index (κ1) is 18.2. The van der Waals surface area contributed by atoms with Crippen molar-refractivity contribution in [2.45, 2.75) is 45.2 Å². The van der Waals surface area contributed by atoms with Crippen LogP contribution in [0.3, 0.4) is 0 Å². The number of amides is 1. The van der Waals surface area contributed by atoms with Crippen molar-refractivity contribution in [3.8, 4) is 5.75 Å². The third kappa shape index (κ3) is 4.95. The van der Waals surface area contributed by atoms with Crippen LogP contribution >= 0.6 is 0 Å². The molecule has 1 aromatic rings. The maximum atomic E-state index is 12.2. The first-order valence-corrected chi connectivity index (χ1v) is 9.52. The molecule has 2 saturated heterocycles. The molecule has 2 N–H and O–H groups in total. The Morgan fingerprint density at radius 2 is 2.24 bits per heavy atom. The smallest absolute Gasteiger partial charge is 0.237 e. The summed E-state index contributed by atoms with van der Waals surface area (Å²) in [5.41, 5.74) is 2.52. The summed E-state index contributed by atoms with van der Waals surface area (Å²) in [4.78, 5) is 14.7. The van der Waals surface area contributed by atoms with Gasteiger partial charge < -0.3 is 15.4 Å². The van der Waals surface area contributed by atoms with Crippen molar-refractivity contribution in [1.82, 2.24) is 15.5 Å². The second kappa shape index (κ2) is 8.68. The molecule has 5 nitrogen and oxygen atoms in total. The van der Waals surface area contributed by atoms with E-state index in [1.807, 2.05) is 0 Å². The SMILES string of the molecule is COc1ccc(C)cc1CN1CCCC(CNC(=O)C2CCCN2)C1. The summed E-state index contributed by atoms with van der Waals surface area (Å²) in [6.45, 7) is 6.95. The van der Waals surface area contributed by atoms with Gasteiger partial charge in [0.05, 0.1) is 13.2 Å². The fraction of sp³-hybridized carbons (Fsp3) is 0.650. The molecule has 0 spiro atoms. The van der Waals surface area contributed by atoms with Crippen molar-refractivity contribution in [3.63, 3.8) is 0 Å². The van der Waals surface area contributed by atoms with E-state index < -0.39 is 0 Å². The first-order valence-electron chi connectivity index (χ1n) is 9.52. The molecule has 1 amide bonds. The summed E-state index contributed by atoms with van der Waals surface area (Å²) in [7, 11) is 1.74. The van der Waals surface area contributed by atoms with E-state index in [4.69, 9.17) is 4.74 Å². The van der Waals surface area contributed by atoms with Gasteiger partial charge in [0.2, 0.25) is 5.91 Å². The predicted octanol–water partition coefficient (Wildman–Crippen LogP) is 2.08. The summed E-state index contributed by atoms with van der Waals surface area (Å²) < 4.78 is 5.51. The quantitative estimate of drug-likeness (QED) is 0.829. The van der Waals surface area contributed by atoms with E-state index in [-0.39, 0.29) is 11.9 Å². The summed E-state index contributed by atoms with van der Waals surface area (Å²) in [6.07, 6.45) is 4.46. The molecule has 2 unspecified atom stereocenters. The molecule has 1 aromatic carbocycles. The Morgan fingerprint density at radius 3 is 3.00 bits per heavy atom. The lowest BCUT2D eigenvalue weighted by atomic mass is 9.97. The molecule has 2 fully saturated rings. The minimum Gasteiger partial charge on any atom is -0.496 e. The lowest BCUT2D eigenvalue weighted by molar-refractivity contribution is -0.123. The largest absolute Gasteiger partial charge is 0.496 e. The number of benzene rings is 1. The summed E-state index contributed by atoms with van der Waals surface area (Å²) in [5.74, 6) is 1.68. The Hall–Kier alpha value is -1.59. The van der Waals surface area contributed by atoms with Gasteiger partial charge in [-0.15, -0.1) is 0 Å². The number of rotatable bonds is 6. The average molecular weight is 345 g/mol. The highest BCUT2D eigenvalue weighted by molar-refractivity contribution is 5.81. The van der Waals surface area contributed by atoms with E-state index in [9.17, 15) is 4.79 Å². The molecule has 0 aliphatic carbocycles. The van der Waals surface area contributed by atoms with Gasteiger partial charge in [-0.25, -0.2) is 0 Å². The molecule has 2 aliphatic heterocycles. The monoisotopic (exact) mass is 345 g/mol. The minimum atomic E-state index is 0.0243. The third-order valence-corrected chi connectivity index (χ3v) is 5.37. The summed E-state index contributed by atoms with van der Waals surface area (Å²) >= 11 is 0. The van der Waals surface area contributed by atoms with Crippen LogP contribution in [0.2, 0.25) is 0 Å². The number of nitrogens with one attached hydrogen (secondary N) is 2. The zero-order chi connectivity index (χ0) is 17.6. The topological polar surface area (TPSA) is 53.6 Å². The number of methoxy groups -OCH3 is 1. The molecule has 2 heterocycles. The van der Waals surface area contributed by atoms with E-state index in [1.165, 1.54) is 24.0 Å². The lowest BCUT2D eigenvalue weighted by Crippen LogP contribution is -2.45. The van der Waals surface area contributed by atoms with Crippen LogP contribution in [-0.2, 0) is 11.3 Å². The molecule has 3 rings (SSSR count). The normalized spacial score (nSPS) is 24.2. The minimum absolute atomic E-state index is 0.0243. The number of carbonyl (C=O) groups is 1. The van der Waals surface area contributed by atoms with Crippen molar-refractivity contribution in [2.75, 3.05) is 33.3 Å². The van der Waals surface area contributed by atoms with E-state index in [1.54, 1.807) is 7.11 Å². The Kier molecular flexibility index (Phi) is 6.32. The Morgan fingerprint density at radius 1 is 1.36 bits per heavy atom. The Labute approximate surface area is 151 Å². The molecular formula is C20H31N3O2. The van der Waals surface area contributed by atoms with Crippen molar-refractivity contribution in [1.29, 1.82) is 0 Å². The maximum absolute atomic E-state index is 12.2. The van der Waals surface area contributed by atoms with Gasteiger partial charge in [0, 0.05) is 25.2 Å². The first-order chi connectivity index (χ1) is 12.2. The molecule has 138 valence electrons. The van der Waals surface area contributed by atoms with Crippen LogP contribution < -0.4 is 15.4 Å². The highest BCUT2D eigenvalue weighted by Crippen LogP contribution is 2.24. The fourth-order valence-electron chi connectivity index (χ4n) is 4.01.